The molecule has 1 rings (SSSR count). The van der Waals surface area contributed by atoms with Gasteiger partial charge in [0.05, 0.1) is 0 Å². The predicted octanol–water partition coefficient (Wildman–Crippen LogP) is 2.09. The van der Waals surface area contributed by atoms with Crippen molar-refractivity contribution in [2.24, 2.45) is 0 Å². The third-order valence-corrected chi connectivity index (χ3v) is 3.68. The van der Waals surface area contributed by atoms with E-state index in [1.807, 2.05) is 13.8 Å². The molecule has 1 atom stereocenters. The summed E-state index contributed by atoms with van der Waals surface area (Å²) in [4.78, 5) is 13.8. The molecular weight excluding hydrogens is 228 g/mol. The minimum absolute atomic E-state index is 0.195. The van der Waals surface area contributed by atoms with Crippen molar-refractivity contribution in [2.45, 2.75) is 64.5 Å². The van der Waals surface area contributed by atoms with Crippen LogP contribution in [-0.4, -0.2) is 47.2 Å². The molecule has 106 valence electrons. The number of nitrogens with zero attached hydrogens (tertiary/aromatic N) is 1. The first-order valence-corrected chi connectivity index (χ1v) is 7.17. The van der Waals surface area contributed by atoms with E-state index in [9.17, 15) is 9.90 Å². The molecule has 1 saturated heterocycles. The van der Waals surface area contributed by atoms with Crippen LogP contribution in [0.5, 0.6) is 0 Å². The molecule has 18 heavy (non-hydrogen) atoms. The maximum Gasteiger partial charge on any atom is 0.323 e. The lowest BCUT2D eigenvalue weighted by Crippen LogP contribution is -2.52. The fraction of sp³-hybridized carbons (Fsp3) is 0.929. The van der Waals surface area contributed by atoms with Crippen molar-refractivity contribution in [3.63, 3.8) is 0 Å². The Morgan fingerprint density at radius 2 is 1.94 bits per heavy atom. The lowest BCUT2D eigenvalue weighted by molar-refractivity contribution is -0.144. The average Bonchev–Trinajstić information content (AvgIpc) is 2.29. The van der Waals surface area contributed by atoms with Crippen LogP contribution in [0.25, 0.3) is 0 Å². The number of carboxylic acid groups (broad SMARTS) is 1. The Morgan fingerprint density at radius 1 is 1.33 bits per heavy atom. The molecule has 0 aromatic carbocycles. The average molecular weight is 256 g/mol. The summed E-state index contributed by atoms with van der Waals surface area (Å²) in [7, 11) is 0. The minimum atomic E-state index is -0.788. The molecule has 2 N–H and O–H groups in total. The predicted molar refractivity (Wildman–Crippen MR) is 73.8 cm³/mol. The Labute approximate surface area is 111 Å². The third-order valence-electron chi connectivity index (χ3n) is 3.68. The number of aliphatic carboxylic acids is 1. The Balaban J connectivity index is 2.35. The Bertz CT molecular complexity index is 263. The van der Waals surface area contributed by atoms with E-state index in [-0.39, 0.29) is 6.04 Å². The molecule has 1 heterocycles. The Hall–Kier alpha value is -0.610. The normalized spacial score (nSPS) is 20.9. The van der Waals surface area contributed by atoms with Gasteiger partial charge in [0.25, 0.3) is 0 Å². The van der Waals surface area contributed by atoms with Crippen molar-refractivity contribution in [2.75, 3.05) is 19.6 Å². The lowest BCUT2D eigenvalue weighted by Gasteiger charge is -2.31. The van der Waals surface area contributed by atoms with Crippen molar-refractivity contribution in [1.82, 2.24) is 10.2 Å². The van der Waals surface area contributed by atoms with Crippen LogP contribution in [0.1, 0.15) is 52.9 Å². The molecule has 1 unspecified atom stereocenters. The summed E-state index contributed by atoms with van der Waals surface area (Å²) in [5.74, 6) is -0.741. The number of carboxylic acids is 1. The summed E-state index contributed by atoms with van der Waals surface area (Å²) in [6, 6.07) is 0.195. The molecule has 1 aliphatic rings. The van der Waals surface area contributed by atoms with Crippen molar-refractivity contribution in [3.8, 4) is 0 Å². The van der Waals surface area contributed by atoms with E-state index in [1.54, 1.807) is 6.92 Å². The van der Waals surface area contributed by atoms with Crippen LogP contribution in [0.2, 0.25) is 0 Å². The van der Waals surface area contributed by atoms with E-state index < -0.39 is 11.5 Å². The van der Waals surface area contributed by atoms with Crippen molar-refractivity contribution >= 4 is 5.97 Å². The molecule has 0 aliphatic carbocycles. The summed E-state index contributed by atoms with van der Waals surface area (Å²) >= 11 is 0. The lowest BCUT2D eigenvalue weighted by atomic mass is 9.94. The number of piperidine rings is 1. The van der Waals surface area contributed by atoms with Crippen LogP contribution >= 0.6 is 0 Å². The zero-order valence-corrected chi connectivity index (χ0v) is 12.0. The maximum atomic E-state index is 11.4. The summed E-state index contributed by atoms with van der Waals surface area (Å²) < 4.78 is 0. The summed E-state index contributed by atoms with van der Waals surface area (Å²) in [5, 5.41) is 12.5. The second-order valence-corrected chi connectivity index (χ2v) is 5.94. The van der Waals surface area contributed by atoms with Gasteiger partial charge in [-0.1, -0.05) is 6.42 Å². The van der Waals surface area contributed by atoms with E-state index in [0.29, 0.717) is 6.42 Å². The third kappa shape index (κ3) is 4.94. The molecule has 0 bridgehead atoms. The zero-order valence-electron chi connectivity index (χ0n) is 12.0. The first kappa shape index (κ1) is 15.4. The maximum absolute atomic E-state index is 11.4. The van der Waals surface area contributed by atoms with Gasteiger partial charge in [-0.3, -0.25) is 10.1 Å². The van der Waals surface area contributed by atoms with E-state index in [0.717, 1.165) is 13.0 Å². The number of hydrogen-bond donors (Lipinski definition) is 2. The Morgan fingerprint density at radius 3 is 2.44 bits per heavy atom. The van der Waals surface area contributed by atoms with E-state index in [2.05, 4.69) is 10.2 Å². The monoisotopic (exact) mass is 256 g/mol. The minimum Gasteiger partial charge on any atom is -0.480 e. The fourth-order valence-corrected chi connectivity index (χ4v) is 2.72. The quantitative estimate of drug-likeness (QED) is 0.732. The summed E-state index contributed by atoms with van der Waals surface area (Å²) in [6.07, 6.45) is 5.57. The molecule has 4 heteroatoms. The molecule has 1 aliphatic heterocycles. The molecule has 0 radical (unpaired) electrons. The van der Waals surface area contributed by atoms with Gasteiger partial charge in [-0.2, -0.15) is 0 Å². The van der Waals surface area contributed by atoms with Gasteiger partial charge in [-0.25, -0.2) is 0 Å². The van der Waals surface area contributed by atoms with Gasteiger partial charge in [-0.05, 0) is 66.1 Å². The van der Waals surface area contributed by atoms with E-state index in [4.69, 9.17) is 0 Å². The van der Waals surface area contributed by atoms with Crippen molar-refractivity contribution in [1.29, 1.82) is 0 Å². The first-order chi connectivity index (χ1) is 8.44. The molecule has 0 aromatic rings. The number of carbonyl (C=O) groups is 1. The Kier molecular flexibility index (Phi) is 6.09. The zero-order chi connectivity index (χ0) is 13.6. The molecule has 0 amide bonds. The van der Waals surface area contributed by atoms with Crippen LogP contribution < -0.4 is 5.32 Å². The molecule has 0 aromatic heterocycles. The number of hydrogen-bond acceptors (Lipinski definition) is 3. The smallest absolute Gasteiger partial charge is 0.323 e. The molecule has 0 saturated carbocycles. The first-order valence-electron chi connectivity index (χ1n) is 7.17. The van der Waals surface area contributed by atoms with Gasteiger partial charge < -0.3 is 10.0 Å². The second-order valence-electron chi connectivity index (χ2n) is 5.94. The van der Waals surface area contributed by atoms with E-state index in [1.165, 1.54) is 32.4 Å². The van der Waals surface area contributed by atoms with Crippen LogP contribution in [0.15, 0.2) is 0 Å². The molecular formula is C14H28N2O2. The SMILES string of the molecule is CC(C)NC(C)(CCCN1CCCCC1)C(=O)O. The highest BCUT2D eigenvalue weighted by Gasteiger charge is 2.32. The molecule has 0 spiro atoms. The van der Waals surface area contributed by atoms with Gasteiger partial charge in [0.1, 0.15) is 5.54 Å². The summed E-state index contributed by atoms with van der Waals surface area (Å²) in [5.41, 5.74) is -0.788. The second kappa shape index (κ2) is 7.10. The highest BCUT2D eigenvalue weighted by atomic mass is 16.4. The summed E-state index contributed by atoms with van der Waals surface area (Å²) in [6.45, 7) is 9.18. The highest BCUT2D eigenvalue weighted by Crippen LogP contribution is 2.16. The van der Waals surface area contributed by atoms with Gasteiger partial charge in [0.2, 0.25) is 0 Å². The number of likely N-dealkylation sites (tertiary alicyclic amines) is 1. The molecule has 1 fully saturated rings. The van der Waals surface area contributed by atoms with E-state index >= 15 is 0 Å². The number of nitrogens with one attached hydrogen (secondary N) is 1. The fourth-order valence-electron chi connectivity index (χ4n) is 2.72. The largest absolute Gasteiger partial charge is 0.480 e. The van der Waals surface area contributed by atoms with Crippen LogP contribution in [0.4, 0.5) is 0 Å². The molecule has 4 nitrogen and oxygen atoms in total. The van der Waals surface area contributed by atoms with Gasteiger partial charge >= 0.3 is 5.97 Å². The van der Waals surface area contributed by atoms with Crippen LogP contribution in [0, 0.1) is 0 Å². The van der Waals surface area contributed by atoms with Gasteiger partial charge in [0.15, 0.2) is 0 Å². The standard InChI is InChI=1S/C14H28N2O2/c1-12(2)15-14(3,13(17)18)8-7-11-16-9-5-4-6-10-16/h12,15H,4-11H2,1-3H3,(H,17,18). The topological polar surface area (TPSA) is 52.6 Å². The van der Waals surface area contributed by atoms with Crippen molar-refractivity contribution in [3.05, 3.63) is 0 Å². The highest BCUT2D eigenvalue weighted by molar-refractivity contribution is 5.78. The van der Waals surface area contributed by atoms with Crippen LogP contribution in [0.3, 0.4) is 0 Å². The van der Waals surface area contributed by atoms with Crippen LogP contribution in [-0.2, 0) is 4.79 Å². The van der Waals surface area contributed by atoms with Gasteiger partial charge in [-0.15, -0.1) is 0 Å². The van der Waals surface area contributed by atoms with Crippen molar-refractivity contribution < 1.29 is 9.90 Å². The van der Waals surface area contributed by atoms with Gasteiger partial charge in [0, 0.05) is 6.04 Å². The number of rotatable bonds is 7.